The van der Waals surface area contributed by atoms with E-state index < -0.39 is 11.7 Å². The van der Waals surface area contributed by atoms with Gasteiger partial charge in [-0.1, -0.05) is 49.9 Å². The van der Waals surface area contributed by atoms with E-state index in [2.05, 4.69) is 12.6 Å². The SMILES string of the molecule is C=C\C=C(/C(C)=C(C)/C=C(\C)c1ccc(C(=O)CC)cc1C(F)(F)F)c1ccc(OC2CCOCC2)c(C#N)c1. The number of carbonyl (C=O) groups is 1. The van der Waals surface area contributed by atoms with E-state index in [4.69, 9.17) is 9.47 Å². The number of benzene rings is 2. The van der Waals surface area contributed by atoms with Crippen LogP contribution >= 0.6 is 0 Å². The van der Waals surface area contributed by atoms with Crippen molar-refractivity contribution in [3.63, 3.8) is 0 Å². The molecule has 1 fully saturated rings. The van der Waals surface area contributed by atoms with E-state index in [9.17, 15) is 23.2 Å². The molecular formula is C33H34F3NO3. The van der Waals surface area contributed by atoms with E-state index in [0.717, 1.165) is 41.2 Å². The monoisotopic (exact) mass is 549 g/mol. The standard InChI is InChI=1S/C33H34F3NO3/c1-6-8-29(24-10-12-32(26(18-24)20-37)40-27-13-15-39-16-14-27)23(5)21(3)17-22(4)28-11-9-25(31(38)7-2)19-30(28)33(34,35)36/h6,8-12,17-19,27H,1,7,13-16H2,2-5H3/b22-17+,23-21+,29-8+. The zero-order valence-electron chi connectivity index (χ0n) is 23.3. The summed E-state index contributed by atoms with van der Waals surface area (Å²) in [6.07, 6.45) is 2.16. The Morgan fingerprint density at radius 3 is 2.40 bits per heavy atom. The molecule has 2 aromatic carbocycles. The number of rotatable bonds is 9. The highest BCUT2D eigenvalue weighted by Gasteiger charge is 2.34. The quantitative estimate of drug-likeness (QED) is 0.232. The van der Waals surface area contributed by atoms with Gasteiger partial charge in [-0.25, -0.2) is 0 Å². The van der Waals surface area contributed by atoms with Crippen LogP contribution < -0.4 is 4.74 Å². The largest absolute Gasteiger partial charge is 0.489 e. The molecule has 3 rings (SSSR count). The Bertz CT molecular complexity index is 1400. The van der Waals surface area contributed by atoms with E-state index in [1.807, 2.05) is 26.0 Å². The molecule has 1 aliphatic heterocycles. The Morgan fingerprint density at radius 1 is 1.12 bits per heavy atom. The van der Waals surface area contributed by atoms with Crippen molar-refractivity contribution >= 4 is 16.9 Å². The van der Waals surface area contributed by atoms with Gasteiger partial charge >= 0.3 is 6.18 Å². The summed E-state index contributed by atoms with van der Waals surface area (Å²) in [5, 5.41) is 9.81. The van der Waals surface area contributed by atoms with Crippen molar-refractivity contribution in [2.24, 2.45) is 0 Å². The van der Waals surface area contributed by atoms with Crippen LogP contribution in [0.2, 0.25) is 0 Å². The maximum atomic E-state index is 13.9. The molecule has 0 bridgehead atoms. The molecule has 0 radical (unpaired) electrons. The van der Waals surface area contributed by atoms with E-state index in [1.54, 1.807) is 38.1 Å². The van der Waals surface area contributed by atoms with Gasteiger partial charge in [0.15, 0.2) is 5.78 Å². The summed E-state index contributed by atoms with van der Waals surface area (Å²) in [7, 11) is 0. The number of hydrogen-bond acceptors (Lipinski definition) is 4. The molecule has 0 spiro atoms. The number of Topliss-reactive ketones (excluding diaryl/α,β-unsaturated/α-hetero) is 1. The Kier molecular flexibility index (Phi) is 10.3. The molecule has 0 amide bonds. The van der Waals surface area contributed by atoms with Crippen molar-refractivity contribution in [1.29, 1.82) is 5.26 Å². The maximum Gasteiger partial charge on any atom is 0.417 e. The number of halogens is 3. The molecule has 0 aliphatic carbocycles. The molecule has 2 aromatic rings. The van der Waals surface area contributed by atoms with Crippen LogP contribution in [0, 0.1) is 11.3 Å². The first-order chi connectivity index (χ1) is 19.0. The van der Waals surface area contributed by atoms with Crippen molar-refractivity contribution in [2.75, 3.05) is 13.2 Å². The topological polar surface area (TPSA) is 59.3 Å². The molecule has 7 heteroatoms. The van der Waals surface area contributed by atoms with Gasteiger partial charge in [-0.2, -0.15) is 18.4 Å². The molecule has 4 nitrogen and oxygen atoms in total. The molecule has 0 saturated carbocycles. The van der Waals surface area contributed by atoms with Crippen LogP contribution in [0.3, 0.4) is 0 Å². The molecule has 210 valence electrons. The summed E-state index contributed by atoms with van der Waals surface area (Å²) < 4.78 is 53.3. The molecule has 1 saturated heterocycles. The van der Waals surface area contributed by atoms with Gasteiger partial charge in [0.2, 0.25) is 0 Å². The summed E-state index contributed by atoms with van der Waals surface area (Å²) in [5.41, 5.74) is 3.13. The zero-order chi connectivity index (χ0) is 29.4. The number of ketones is 1. The molecule has 0 atom stereocenters. The number of allylic oxidation sites excluding steroid dienone is 7. The molecule has 0 aromatic heterocycles. The van der Waals surface area contributed by atoms with Crippen LogP contribution in [0.15, 0.2) is 72.4 Å². The number of carbonyl (C=O) groups excluding carboxylic acids is 1. The fourth-order valence-electron chi connectivity index (χ4n) is 4.64. The lowest BCUT2D eigenvalue weighted by molar-refractivity contribution is -0.137. The van der Waals surface area contributed by atoms with Gasteiger partial charge < -0.3 is 9.47 Å². The summed E-state index contributed by atoms with van der Waals surface area (Å²) in [6.45, 7) is 12.0. The Morgan fingerprint density at radius 2 is 1.80 bits per heavy atom. The first kappa shape index (κ1) is 30.6. The third-order valence-electron chi connectivity index (χ3n) is 6.98. The predicted molar refractivity (Wildman–Crippen MR) is 152 cm³/mol. The van der Waals surface area contributed by atoms with Gasteiger partial charge in [-0.05, 0) is 72.4 Å². The van der Waals surface area contributed by atoms with Gasteiger partial charge in [-0.3, -0.25) is 4.79 Å². The lowest BCUT2D eigenvalue weighted by Gasteiger charge is -2.24. The summed E-state index contributed by atoms with van der Waals surface area (Å²) in [6, 6.07) is 11.3. The number of ether oxygens (including phenoxy) is 2. The number of hydrogen-bond donors (Lipinski definition) is 0. The first-order valence-corrected chi connectivity index (χ1v) is 13.2. The van der Waals surface area contributed by atoms with Gasteiger partial charge in [0, 0.05) is 24.8 Å². The average Bonchev–Trinajstić information content (AvgIpc) is 2.95. The second-order valence-electron chi connectivity index (χ2n) is 9.74. The van der Waals surface area contributed by atoms with Crippen molar-refractivity contribution in [3.8, 4) is 11.8 Å². The summed E-state index contributed by atoms with van der Waals surface area (Å²) >= 11 is 0. The predicted octanol–water partition coefficient (Wildman–Crippen LogP) is 8.74. The van der Waals surface area contributed by atoms with Gasteiger partial charge in [0.1, 0.15) is 17.9 Å². The lowest BCUT2D eigenvalue weighted by Crippen LogP contribution is -2.26. The summed E-state index contributed by atoms with van der Waals surface area (Å²) in [5.74, 6) is 0.167. The summed E-state index contributed by atoms with van der Waals surface area (Å²) in [4.78, 5) is 12.0. The lowest BCUT2D eigenvalue weighted by atomic mass is 9.91. The van der Waals surface area contributed by atoms with E-state index in [1.165, 1.54) is 12.1 Å². The molecule has 0 N–H and O–H groups in total. The van der Waals surface area contributed by atoms with Crippen molar-refractivity contribution in [3.05, 3.63) is 100 Å². The minimum Gasteiger partial charge on any atom is -0.489 e. The Balaban J connectivity index is 2.00. The highest BCUT2D eigenvalue weighted by Crippen LogP contribution is 2.37. The first-order valence-electron chi connectivity index (χ1n) is 13.2. The molecule has 1 heterocycles. The number of nitriles is 1. The molecule has 1 aliphatic rings. The normalized spacial score (nSPS) is 15.8. The zero-order valence-corrected chi connectivity index (χ0v) is 23.3. The minimum absolute atomic E-state index is 0.0115. The van der Waals surface area contributed by atoms with Crippen LogP contribution in [0.5, 0.6) is 5.75 Å². The third-order valence-corrected chi connectivity index (χ3v) is 6.98. The van der Waals surface area contributed by atoms with Crippen molar-refractivity contribution < 1.29 is 27.4 Å². The van der Waals surface area contributed by atoms with Crippen molar-refractivity contribution in [2.45, 2.75) is 59.2 Å². The van der Waals surface area contributed by atoms with Crippen LogP contribution in [0.4, 0.5) is 13.2 Å². The fraction of sp³-hybridized carbons (Fsp3) is 0.333. The highest BCUT2D eigenvalue weighted by atomic mass is 19.4. The van der Waals surface area contributed by atoms with Gasteiger partial charge in [0.05, 0.1) is 24.3 Å². The van der Waals surface area contributed by atoms with Crippen LogP contribution in [0.1, 0.15) is 79.6 Å². The average molecular weight is 550 g/mol. The van der Waals surface area contributed by atoms with Crippen LogP contribution in [-0.4, -0.2) is 25.1 Å². The van der Waals surface area contributed by atoms with Crippen molar-refractivity contribution in [1.82, 2.24) is 0 Å². The molecule has 40 heavy (non-hydrogen) atoms. The van der Waals surface area contributed by atoms with Gasteiger partial charge in [-0.15, -0.1) is 0 Å². The third kappa shape index (κ3) is 7.40. The Labute approximate surface area is 234 Å². The van der Waals surface area contributed by atoms with E-state index in [-0.39, 0.29) is 29.4 Å². The maximum absolute atomic E-state index is 13.9. The Hall–Kier alpha value is -3.89. The second-order valence-corrected chi connectivity index (χ2v) is 9.74. The van der Waals surface area contributed by atoms with Gasteiger partial charge in [0.25, 0.3) is 0 Å². The number of alkyl halides is 3. The minimum atomic E-state index is -4.61. The van der Waals surface area contributed by atoms with E-state index >= 15 is 0 Å². The second kappa shape index (κ2) is 13.5. The smallest absolute Gasteiger partial charge is 0.417 e. The molecular weight excluding hydrogens is 515 g/mol. The van der Waals surface area contributed by atoms with Crippen LogP contribution in [0.25, 0.3) is 11.1 Å². The fourth-order valence-corrected chi connectivity index (χ4v) is 4.64. The number of nitrogens with zero attached hydrogens (tertiary/aromatic N) is 1. The van der Waals surface area contributed by atoms with Crippen LogP contribution in [-0.2, 0) is 10.9 Å². The highest BCUT2D eigenvalue weighted by molar-refractivity contribution is 5.96. The molecule has 0 unspecified atom stereocenters. The van der Waals surface area contributed by atoms with E-state index in [0.29, 0.717) is 30.1 Å².